The monoisotopic (exact) mass is 300 g/mol. The number of benzene rings is 1. The summed E-state index contributed by atoms with van der Waals surface area (Å²) in [7, 11) is 0. The van der Waals surface area contributed by atoms with E-state index in [0.717, 1.165) is 16.9 Å². The van der Waals surface area contributed by atoms with Crippen molar-refractivity contribution in [2.45, 2.75) is 0 Å². The molecule has 0 aliphatic carbocycles. The van der Waals surface area contributed by atoms with Crippen molar-refractivity contribution in [2.24, 2.45) is 10.2 Å². The summed E-state index contributed by atoms with van der Waals surface area (Å²) in [6.07, 6.45) is 3.29. The van der Waals surface area contributed by atoms with Gasteiger partial charge in [-0.05, 0) is 24.3 Å². The number of hydrogen-bond donors (Lipinski definition) is 2. The molecule has 0 aliphatic heterocycles. The molecule has 6 nitrogen and oxygen atoms in total. The first kappa shape index (κ1) is 14.8. The molecule has 0 aliphatic rings. The van der Waals surface area contributed by atoms with Gasteiger partial charge in [-0.15, -0.1) is 5.11 Å². The fraction of sp³-hybridized carbons (Fsp3) is 0. The zero-order valence-corrected chi connectivity index (χ0v) is 11.8. The molecule has 4 N–H and O–H groups in total. The Hall–Kier alpha value is -2.57. The van der Waals surface area contributed by atoms with Crippen LogP contribution in [0.4, 0.5) is 11.4 Å². The molecule has 0 bridgehead atoms. The highest BCUT2D eigenvalue weighted by atomic mass is 35.5. The van der Waals surface area contributed by atoms with Crippen LogP contribution in [0.25, 0.3) is 11.3 Å². The zero-order chi connectivity index (χ0) is 13.8. The van der Waals surface area contributed by atoms with E-state index in [0.29, 0.717) is 10.8 Å². The maximum Gasteiger partial charge on any atom is 0.131 e. The third kappa shape index (κ3) is 3.50. The Morgan fingerprint density at radius 2 is 1.76 bits per heavy atom. The van der Waals surface area contributed by atoms with Gasteiger partial charge in [-0.25, -0.2) is 4.98 Å². The van der Waals surface area contributed by atoms with Crippen molar-refractivity contribution in [3.63, 3.8) is 0 Å². The highest BCUT2D eigenvalue weighted by molar-refractivity contribution is 6.29. The first-order valence-corrected chi connectivity index (χ1v) is 6.33. The summed E-state index contributed by atoms with van der Waals surface area (Å²) in [5.74, 6) is 0. The molecule has 0 amide bonds. The molecule has 0 saturated carbocycles. The van der Waals surface area contributed by atoms with Crippen molar-refractivity contribution >= 4 is 23.0 Å². The number of nitrogens with one attached hydrogen (secondary N) is 1. The van der Waals surface area contributed by atoms with Crippen molar-refractivity contribution in [2.75, 3.05) is 0 Å². The van der Waals surface area contributed by atoms with Crippen LogP contribution in [0.1, 0.15) is 0 Å². The van der Waals surface area contributed by atoms with Crippen LogP contribution < -0.4 is 6.15 Å². The maximum atomic E-state index is 5.78. The van der Waals surface area contributed by atoms with Crippen LogP contribution >= 0.6 is 11.6 Å². The molecule has 3 aromatic rings. The van der Waals surface area contributed by atoms with Crippen LogP contribution in [0.5, 0.6) is 0 Å². The van der Waals surface area contributed by atoms with Crippen molar-refractivity contribution in [3.05, 3.63) is 60.0 Å². The second kappa shape index (κ2) is 6.74. The van der Waals surface area contributed by atoms with Crippen LogP contribution in [0.15, 0.2) is 65.1 Å². The number of pyridine rings is 1. The van der Waals surface area contributed by atoms with Gasteiger partial charge in [-0.1, -0.05) is 29.8 Å². The maximum absolute atomic E-state index is 5.78. The first-order chi connectivity index (χ1) is 9.83. The molecule has 2 heterocycles. The number of azo groups is 1. The predicted octanol–water partition coefficient (Wildman–Crippen LogP) is 4.70. The van der Waals surface area contributed by atoms with Crippen LogP contribution in [0, 0.1) is 0 Å². The van der Waals surface area contributed by atoms with Gasteiger partial charge < -0.3 is 6.15 Å². The lowest BCUT2D eigenvalue weighted by molar-refractivity contribution is 1.09. The lowest BCUT2D eigenvalue weighted by Crippen LogP contribution is -1.81. The molecular weight excluding hydrogens is 288 g/mol. The van der Waals surface area contributed by atoms with E-state index in [9.17, 15) is 0 Å². The van der Waals surface area contributed by atoms with E-state index in [2.05, 4.69) is 25.4 Å². The molecule has 21 heavy (non-hydrogen) atoms. The quantitative estimate of drug-likeness (QED) is 0.541. The van der Waals surface area contributed by atoms with E-state index >= 15 is 0 Å². The summed E-state index contributed by atoms with van der Waals surface area (Å²) in [5, 5.41) is 15.7. The molecule has 3 rings (SSSR count). The summed E-state index contributed by atoms with van der Waals surface area (Å²) in [6, 6.07) is 13.1. The van der Waals surface area contributed by atoms with E-state index in [-0.39, 0.29) is 6.15 Å². The molecule has 0 saturated heterocycles. The average molecular weight is 301 g/mol. The Bertz CT molecular complexity index is 721. The topological polar surface area (TPSA) is 101 Å². The van der Waals surface area contributed by atoms with Gasteiger partial charge in [0.15, 0.2) is 0 Å². The molecule has 0 unspecified atom stereocenters. The number of halogens is 1. The molecule has 2 aromatic heterocycles. The Balaban J connectivity index is 0.00000161. The van der Waals surface area contributed by atoms with Crippen LogP contribution in [-0.4, -0.2) is 15.2 Å². The van der Waals surface area contributed by atoms with Crippen LogP contribution in [0.2, 0.25) is 5.15 Å². The van der Waals surface area contributed by atoms with E-state index < -0.39 is 0 Å². The number of aromatic nitrogens is 3. The minimum absolute atomic E-state index is 0. The smallest absolute Gasteiger partial charge is 0.131 e. The lowest BCUT2D eigenvalue weighted by atomic mass is 10.2. The predicted molar refractivity (Wildman–Crippen MR) is 82.5 cm³/mol. The molecule has 0 atom stereocenters. The van der Waals surface area contributed by atoms with Crippen molar-refractivity contribution in [1.29, 1.82) is 0 Å². The number of rotatable bonds is 3. The Morgan fingerprint density at radius 3 is 2.48 bits per heavy atom. The fourth-order valence-corrected chi connectivity index (χ4v) is 1.81. The van der Waals surface area contributed by atoms with Gasteiger partial charge in [0.25, 0.3) is 0 Å². The number of H-pyrrole nitrogens is 1. The van der Waals surface area contributed by atoms with E-state index in [1.807, 2.05) is 36.4 Å². The van der Waals surface area contributed by atoms with Gasteiger partial charge in [0, 0.05) is 11.8 Å². The molecule has 106 valence electrons. The summed E-state index contributed by atoms with van der Waals surface area (Å²) in [5.41, 5.74) is 3.05. The average Bonchev–Trinajstić information content (AvgIpc) is 2.95. The van der Waals surface area contributed by atoms with Crippen molar-refractivity contribution in [1.82, 2.24) is 21.3 Å². The third-order valence-corrected chi connectivity index (χ3v) is 2.89. The summed E-state index contributed by atoms with van der Waals surface area (Å²) < 4.78 is 0. The van der Waals surface area contributed by atoms with Crippen LogP contribution in [-0.2, 0) is 0 Å². The number of nitrogens with zero attached hydrogens (tertiary/aromatic N) is 4. The van der Waals surface area contributed by atoms with Gasteiger partial charge in [0.05, 0.1) is 17.6 Å². The SMILES string of the molecule is Clc1ccc(-c2[nH]ncc2N=Nc2ccccc2)cn1.N. The van der Waals surface area contributed by atoms with E-state index in [4.69, 9.17) is 11.6 Å². The number of hydrogen-bond acceptors (Lipinski definition) is 5. The van der Waals surface area contributed by atoms with Crippen molar-refractivity contribution < 1.29 is 0 Å². The summed E-state index contributed by atoms with van der Waals surface area (Å²) in [4.78, 5) is 4.04. The first-order valence-electron chi connectivity index (χ1n) is 5.95. The highest BCUT2D eigenvalue weighted by Crippen LogP contribution is 2.29. The standard InChI is InChI=1S/C14H10ClN5.H3N/c15-13-7-6-10(8-16-13)14-12(9-17-20-14)19-18-11-4-2-1-3-5-11;/h1-9H,(H,17,20);1H3. The highest BCUT2D eigenvalue weighted by Gasteiger charge is 2.07. The normalized spacial score (nSPS) is 10.5. The van der Waals surface area contributed by atoms with Gasteiger partial charge in [0.1, 0.15) is 10.8 Å². The zero-order valence-electron chi connectivity index (χ0n) is 11.1. The van der Waals surface area contributed by atoms with Gasteiger partial charge in [-0.3, -0.25) is 5.10 Å². The van der Waals surface area contributed by atoms with E-state index in [1.165, 1.54) is 0 Å². The second-order valence-electron chi connectivity index (χ2n) is 4.04. The summed E-state index contributed by atoms with van der Waals surface area (Å²) in [6.45, 7) is 0. The molecule has 0 fully saturated rings. The minimum atomic E-state index is 0. The van der Waals surface area contributed by atoms with Gasteiger partial charge in [0.2, 0.25) is 0 Å². The third-order valence-electron chi connectivity index (χ3n) is 2.66. The van der Waals surface area contributed by atoms with Gasteiger partial charge in [-0.2, -0.15) is 10.2 Å². The summed E-state index contributed by atoms with van der Waals surface area (Å²) >= 11 is 5.78. The molecule has 0 spiro atoms. The molecule has 1 aromatic carbocycles. The minimum Gasteiger partial charge on any atom is -0.344 e. The Kier molecular flexibility index (Phi) is 4.76. The fourth-order valence-electron chi connectivity index (χ4n) is 1.70. The largest absolute Gasteiger partial charge is 0.344 e. The molecule has 0 radical (unpaired) electrons. The Morgan fingerprint density at radius 1 is 0.952 bits per heavy atom. The molecule has 7 heteroatoms. The lowest BCUT2D eigenvalue weighted by Gasteiger charge is -1.98. The Labute approximate surface area is 126 Å². The van der Waals surface area contributed by atoms with Crippen molar-refractivity contribution in [3.8, 4) is 11.3 Å². The second-order valence-corrected chi connectivity index (χ2v) is 4.42. The molecular formula is C14H13ClN6. The number of aromatic amines is 1. The van der Waals surface area contributed by atoms with E-state index in [1.54, 1.807) is 18.5 Å². The van der Waals surface area contributed by atoms with Gasteiger partial charge >= 0.3 is 0 Å². The van der Waals surface area contributed by atoms with Crippen LogP contribution in [0.3, 0.4) is 0 Å².